The molecule has 0 atom stereocenters. The van der Waals surface area contributed by atoms with Crippen molar-refractivity contribution in [3.05, 3.63) is 100 Å². The molecule has 1 N–H and O–H groups in total. The fraction of sp³-hybridized carbons (Fsp3) is 0.265. The topological polar surface area (TPSA) is 109 Å². The molecule has 1 aliphatic rings. The first-order valence-electron chi connectivity index (χ1n) is 15.0. The highest BCUT2D eigenvalue weighted by molar-refractivity contribution is 7.89. The third-order valence-corrected chi connectivity index (χ3v) is 12.0. The minimum atomic E-state index is -3.82. The van der Waals surface area contributed by atoms with Crippen LogP contribution in [0.25, 0.3) is 20.8 Å². The van der Waals surface area contributed by atoms with Crippen molar-refractivity contribution in [1.29, 1.82) is 0 Å². The molecule has 1 aliphatic heterocycles. The van der Waals surface area contributed by atoms with E-state index in [-0.39, 0.29) is 29.5 Å². The summed E-state index contributed by atoms with van der Waals surface area (Å²) >= 11 is 2.98. The second-order valence-electron chi connectivity index (χ2n) is 11.2. The SMILES string of the molecule is CCOC(=O)N1CCc2c(sc(NC(=O)c3ccc(S(=O)(=O)N(Cc4ccccc4)C(C)C)cc3)c2-c2nc3ccccc3s2)C1. The molecule has 12 heteroatoms. The normalized spacial score (nSPS) is 13.3. The second-order valence-corrected chi connectivity index (χ2v) is 15.2. The first-order chi connectivity index (χ1) is 22.2. The summed E-state index contributed by atoms with van der Waals surface area (Å²) in [5.74, 6) is -0.364. The third kappa shape index (κ3) is 6.43. The van der Waals surface area contributed by atoms with Crippen LogP contribution in [-0.4, -0.2) is 53.8 Å². The average molecular weight is 675 g/mol. The summed E-state index contributed by atoms with van der Waals surface area (Å²) in [5.41, 5.74) is 4.03. The second kappa shape index (κ2) is 13.3. The van der Waals surface area contributed by atoms with Gasteiger partial charge in [0.25, 0.3) is 5.91 Å². The number of para-hydroxylation sites is 1. The lowest BCUT2D eigenvalue weighted by atomic mass is 10.0. The predicted octanol–water partition coefficient (Wildman–Crippen LogP) is 7.39. The molecule has 0 aliphatic carbocycles. The van der Waals surface area contributed by atoms with Crippen molar-refractivity contribution >= 4 is 59.9 Å². The highest BCUT2D eigenvalue weighted by atomic mass is 32.2. The van der Waals surface area contributed by atoms with Crippen molar-refractivity contribution in [3.8, 4) is 10.6 Å². The molecule has 46 heavy (non-hydrogen) atoms. The van der Waals surface area contributed by atoms with Crippen molar-refractivity contribution in [2.75, 3.05) is 18.5 Å². The van der Waals surface area contributed by atoms with Gasteiger partial charge in [0.2, 0.25) is 10.0 Å². The number of anilines is 1. The highest BCUT2D eigenvalue weighted by Gasteiger charge is 2.31. The van der Waals surface area contributed by atoms with Crippen LogP contribution in [0.1, 0.15) is 47.1 Å². The molecule has 0 saturated carbocycles. The van der Waals surface area contributed by atoms with Crippen LogP contribution in [0, 0.1) is 0 Å². The van der Waals surface area contributed by atoms with Gasteiger partial charge in [0.05, 0.1) is 28.3 Å². The van der Waals surface area contributed by atoms with Gasteiger partial charge in [-0.1, -0.05) is 42.5 Å². The summed E-state index contributed by atoms with van der Waals surface area (Å²) in [6.07, 6.45) is 0.247. The Kier molecular flexibility index (Phi) is 9.23. The number of carbonyl (C=O) groups is 2. The van der Waals surface area contributed by atoms with Crippen molar-refractivity contribution in [3.63, 3.8) is 0 Å². The Morgan fingerprint density at radius 3 is 2.41 bits per heavy atom. The van der Waals surface area contributed by atoms with Crippen molar-refractivity contribution in [2.45, 2.75) is 51.2 Å². The van der Waals surface area contributed by atoms with Gasteiger partial charge in [-0.05, 0) is 74.7 Å². The molecule has 0 bridgehead atoms. The zero-order valence-corrected chi connectivity index (χ0v) is 28.2. The maximum Gasteiger partial charge on any atom is 0.410 e. The Bertz CT molecular complexity index is 1950. The summed E-state index contributed by atoms with van der Waals surface area (Å²) in [7, 11) is -3.82. The number of rotatable bonds is 9. The first kappa shape index (κ1) is 31.9. The van der Waals surface area contributed by atoms with E-state index >= 15 is 0 Å². The number of fused-ring (bicyclic) bond motifs is 2. The number of amides is 2. The first-order valence-corrected chi connectivity index (χ1v) is 18.1. The van der Waals surface area contributed by atoms with Crippen molar-refractivity contribution in [1.82, 2.24) is 14.2 Å². The Labute approximate surface area is 276 Å². The Balaban J connectivity index is 1.28. The molecule has 3 aromatic carbocycles. The van der Waals surface area contributed by atoms with Crippen LogP contribution in [0.4, 0.5) is 9.80 Å². The molecular formula is C34H34N4O5S3. The number of nitrogens with zero attached hydrogens (tertiary/aromatic N) is 3. The van der Waals surface area contributed by atoms with E-state index in [1.165, 1.54) is 39.9 Å². The molecule has 0 saturated heterocycles. The molecule has 2 aromatic heterocycles. The van der Waals surface area contributed by atoms with E-state index in [0.29, 0.717) is 36.7 Å². The summed E-state index contributed by atoms with van der Waals surface area (Å²) in [6.45, 7) is 6.90. The van der Waals surface area contributed by atoms with Crippen molar-refractivity contribution < 1.29 is 22.7 Å². The fourth-order valence-electron chi connectivity index (χ4n) is 5.46. The number of thiophene rings is 1. The summed E-state index contributed by atoms with van der Waals surface area (Å²) < 4.78 is 35.0. The maximum atomic E-state index is 13.6. The zero-order valence-electron chi connectivity index (χ0n) is 25.7. The number of hydrogen-bond acceptors (Lipinski definition) is 8. The Morgan fingerprint density at radius 1 is 1.00 bits per heavy atom. The van der Waals surface area contributed by atoms with E-state index in [9.17, 15) is 18.0 Å². The molecule has 2 amide bonds. The molecule has 238 valence electrons. The number of aromatic nitrogens is 1. The molecule has 0 unspecified atom stereocenters. The van der Waals surface area contributed by atoms with Gasteiger partial charge in [0, 0.05) is 35.1 Å². The minimum Gasteiger partial charge on any atom is -0.450 e. The molecule has 9 nitrogen and oxygen atoms in total. The van der Waals surface area contributed by atoms with Crippen LogP contribution in [0.15, 0.2) is 83.8 Å². The van der Waals surface area contributed by atoms with E-state index in [1.807, 2.05) is 68.4 Å². The summed E-state index contributed by atoms with van der Waals surface area (Å²) in [5, 5.41) is 4.52. The monoisotopic (exact) mass is 674 g/mol. The summed E-state index contributed by atoms with van der Waals surface area (Å²) in [4.78, 5) is 33.8. The van der Waals surface area contributed by atoms with Gasteiger partial charge in [-0.15, -0.1) is 22.7 Å². The number of benzene rings is 3. The lowest BCUT2D eigenvalue weighted by Crippen LogP contribution is -2.36. The van der Waals surface area contributed by atoms with E-state index in [0.717, 1.165) is 36.8 Å². The van der Waals surface area contributed by atoms with Gasteiger partial charge in [-0.3, -0.25) is 4.79 Å². The van der Waals surface area contributed by atoms with Gasteiger partial charge in [0.1, 0.15) is 10.0 Å². The van der Waals surface area contributed by atoms with Crippen molar-refractivity contribution in [2.24, 2.45) is 0 Å². The molecule has 0 radical (unpaired) electrons. The number of ether oxygens (including phenoxy) is 1. The van der Waals surface area contributed by atoms with E-state index < -0.39 is 10.0 Å². The number of nitrogens with one attached hydrogen (secondary N) is 1. The van der Waals surface area contributed by atoms with Crippen LogP contribution in [0.5, 0.6) is 0 Å². The predicted molar refractivity (Wildman–Crippen MR) is 183 cm³/mol. The van der Waals surface area contributed by atoms with Gasteiger partial charge in [0.15, 0.2) is 0 Å². The Hall–Kier alpha value is -4.10. The summed E-state index contributed by atoms with van der Waals surface area (Å²) in [6, 6.07) is 23.1. The fourth-order valence-corrected chi connectivity index (χ4v) is 9.46. The van der Waals surface area contributed by atoms with Gasteiger partial charge < -0.3 is 15.0 Å². The van der Waals surface area contributed by atoms with Gasteiger partial charge in [-0.25, -0.2) is 18.2 Å². The quantitative estimate of drug-likeness (QED) is 0.175. The molecule has 6 rings (SSSR count). The minimum absolute atomic E-state index is 0.120. The van der Waals surface area contributed by atoms with Crippen LogP contribution in [-0.2, 0) is 34.3 Å². The van der Waals surface area contributed by atoms with Crippen LogP contribution in [0.3, 0.4) is 0 Å². The van der Waals surface area contributed by atoms with Crippen LogP contribution >= 0.6 is 22.7 Å². The van der Waals surface area contributed by atoms with Gasteiger partial charge >= 0.3 is 6.09 Å². The molecular weight excluding hydrogens is 641 g/mol. The Morgan fingerprint density at radius 2 is 1.72 bits per heavy atom. The lowest BCUT2D eigenvalue weighted by molar-refractivity contribution is 0.102. The zero-order chi connectivity index (χ0) is 32.4. The third-order valence-electron chi connectivity index (χ3n) is 7.80. The standard InChI is InChI=1S/C34H34N4O5S3/c1-4-43-34(40)37-19-18-26-29(21-37)45-33(30(26)32-35-27-12-8-9-13-28(27)44-32)36-31(39)24-14-16-25(17-15-24)46(41,42)38(22(2)3)20-23-10-6-5-7-11-23/h5-17,22H,4,18-21H2,1-3H3,(H,36,39). The average Bonchev–Trinajstić information content (AvgIpc) is 3.64. The molecule has 3 heterocycles. The number of sulfonamides is 1. The van der Waals surface area contributed by atoms with Gasteiger partial charge in [-0.2, -0.15) is 4.31 Å². The largest absolute Gasteiger partial charge is 0.450 e. The molecule has 5 aromatic rings. The number of hydrogen-bond donors (Lipinski definition) is 1. The van der Waals surface area contributed by atoms with E-state index in [4.69, 9.17) is 9.72 Å². The smallest absolute Gasteiger partial charge is 0.410 e. The van der Waals surface area contributed by atoms with Crippen LogP contribution in [0.2, 0.25) is 0 Å². The van der Waals surface area contributed by atoms with E-state index in [2.05, 4.69) is 5.32 Å². The maximum absolute atomic E-state index is 13.6. The van der Waals surface area contributed by atoms with Crippen LogP contribution < -0.4 is 5.32 Å². The molecule has 0 fully saturated rings. The van der Waals surface area contributed by atoms with E-state index in [1.54, 1.807) is 23.2 Å². The highest BCUT2D eigenvalue weighted by Crippen LogP contribution is 2.46. The lowest BCUT2D eigenvalue weighted by Gasteiger charge is -2.26. The molecule has 0 spiro atoms. The number of thiazole rings is 1. The number of carbonyl (C=O) groups excluding carboxylic acids is 2.